The third kappa shape index (κ3) is 9.41. The highest BCUT2D eigenvalue weighted by Gasteiger charge is 2.06. The molecule has 1 unspecified atom stereocenters. The van der Waals surface area contributed by atoms with Gasteiger partial charge in [-0.3, -0.25) is 4.79 Å². The zero-order valence-electron chi connectivity index (χ0n) is 8.81. The van der Waals surface area contributed by atoms with E-state index in [-0.39, 0.29) is 19.1 Å². The molecule has 1 atom stereocenters. The van der Waals surface area contributed by atoms with Crippen LogP contribution < -0.4 is 10.6 Å². The van der Waals surface area contributed by atoms with Crippen LogP contribution in [0.5, 0.6) is 0 Å². The average molecular weight is 206 g/mol. The largest absolute Gasteiger partial charge is 0.377 e. The number of likely N-dealkylation sites (N-methyl/N-ethyl adjacent to an activating group) is 1. The molecule has 4 nitrogen and oxygen atoms in total. The van der Waals surface area contributed by atoms with Crippen molar-refractivity contribution >= 4 is 5.91 Å². The Morgan fingerprint density at radius 2 is 2.29 bits per heavy atom. The van der Waals surface area contributed by atoms with Crippen molar-refractivity contribution in [2.75, 3.05) is 32.8 Å². The maximum atomic E-state index is 12.9. The van der Waals surface area contributed by atoms with E-state index in [0.717, 1.165) is 13.1 Å². The van der Waals surface area contributed by atoms with E-state index >= 15 is 0 Å². The number of hydrogen-bond donors (Lipinski definition) is 2. The Kier molecular flexibility index (Phi) is 8.47. The first-order valence-corrected chi connectivity index (χ1v) is 4.83. The maximum Gasteiger partial charge on any atom is 0.216 e. The molecule has 0 aliphatic rings. The van der Waals surface area contributed by atoms with Gasteiger partial charge in [0.1, 0.15) is 6.17 Å². The second-order valence-electron chi connectivity index (χ2n) is 2.96. The fourth-order valence-corrected chi connectivity index (χ4v) is 0.846. The van der Waals surface area contributed by atoms with Crippen LogP contribution in [0, 0.1) is 0 Å². The highest BCUT2D eigenvalue weighted by atomic mass is 19.1. The van der Waals surface area contributed by atoms with Gasteiger partial charge in [0.15, 0.2) is 0 Å². The van der Waals surface area contributed by atoms with Crippen LogP contribution in [0.1, 0.15) is 13.8 Å². The minimum atomic E-state index is -1.12. The number of nitrogens with one attached hydrogen (secondary N) is 2. The molecule has 0 aromatic rings. The Bertz CT molecular complexity index is 156. The lowest BCUT2D eigenvalue weighted by atomic mass is 10.4. The molecule has 0 aromatic heterocycles. The van der Waals surface area contributed by atoms with Crippen molar-refractivity contribution in [1.29, 1.82) is 0 Å². The second-order valence-corrected chi connectivity index (χ2v) is 2.96. The first-order valence-electron chi connectivity index (χ1n) is 4.83. The van der Waals surface area contributed by atoms with Crippen molar-refractivity contribution in [2.45, 2.75) is 20.0 Å². The van der Waals surface area contributed by atoms with E-state index in [1.165, 1.54) is 6.92 Å². The highest BCUT2D eigenvalue weighted by molar-refractivity contribution is 5.72. The lowest BCUT2D eigenvalue weighted by molar-refractivity contribution is -0.119. The standard InChI is InChI=1S/C9H19FN2O2/c1-3-11-4-5-14-7-9(10)6-12-8(2)13/h9,11H,3-7H2,1-2H3,(H,12,13). The van der Waals surface area contributed by atoms with Crippen LogP contribution in [0.15, 0.2) is 0 Å². The van der Waals surface area contributed by atoms with Gasteiger partial charge in [0.05, 0.1) is 19.8 Å². The first kappa shape index (κ1) is 13.3. The summed E-state index contributed by atoms with van der Waals surface area (Å²) in [5, 5.41) is 5.44. The predicted octanol–water partition coefficient (Wildman–Crippen LogP) is 0.0867. The average Bonchev–Trinajstić information content (AvgIpc) is 2.14. The predicted molar refractivity (Wildman–Crippen MR) is 52.9 cm³/mol. The number of hydrogen-bond acceptors (Lipinski definition) is 3. The Labute approximate surface area is 84.2 Å². The molecule has 0 fully saturated rings. The molecule has 14 heavy (non-hydrogen) atoms. The number of ether oxygens (including phenoxy) is 1. The summed E-state index contributed by atoms with van der Waals surface area (Å²) < 4.78 is 18.0. The van der Waals surface area contributed by atoms with E-state index in [0.29, 0.717) is 6.61 Å². The Morgan fingerprint density at radius 1 is 1.57 bits per heavy atom. The number of carbonyl (C=O) groups is 1. The van der Waals surface area contributed by atoms with Gasteiger partial charge in [0, 0.05) is 13.5 Å². The summed E-state index contributed by atoms with van der Waals surface area (Å²) in [6.45, 7) is 5.52. The van der Waals surface area contributed by atoms with Crippen LogP contribution >= 0.6 is 0 Å². The monoisotopic (exact) mass is 206 g/mol. The summed E-state index contributed by atoms with van der Waals surface area (Å²) in [6, 6.07) is 0. The zero-order valence-corrected chi connectivity index (χ0v) is 8.81. The second kappa shape index (κ2) is 8.90. The molecule has 0 saturated carbocycles. The summed E-state index contributed by atoms with van der Waals surface area (Å²) in [5.41, 5.74) is 0. The number of rotatable bonds is 8. The first-order chi connectivity index (χ1) is 6.66. The van der Waals surface area contributed by atoms with E-state index in [4.69, 9.17) is 4.74 Å². The third-order valence-corrected chi connectivity index (χ3v) is 1.54. The summed E-state index contributed by atoms with van der Waals surface area (Å²) in [6.07, 6.45) is -1.12. The lowest BCUT2D eigenvalue weighted by Gasteiger charge is -2.09. The Hall–Kier alpha value is -0.680. The van der Waals surface area contributed by atoms with Crippen LogP contribution in [-0.4, -0.2) is 44.9 Å². The molecule has 0 rings (SSSR count). The topological polar surface area (TPSA) is 50.4 Å². The fraction of sp³-hybridized carbons (Fsp3) is 0.889. The Morgan fingerprint density at radius 3 is 2.86 bits per heavy atom. The number of amides is 1. The van der Waals surface area contributed by atoms with Crippen molar-refractivity contribution in [1.82, 2.24) is 10.6 Å². The Balaban J connectivity index is 3.18. The zero-order chi connectivity index (χ0) is 10.8. The van der Waals surface area contributed by atoms with Crippen molar-refractivity contribution in [2.24, 2.45) is 0 Å². The molecule has 1 amide bonds. The van der Waals surface area contributed by atoms with Crippen LogP contribution in [0.3, 0.4) is 0 Å². The van der Waals surface area contributed by atoms with Crippen molar-refractivity contribution < 1.29 is 13.9 Å². The molecule has 0 aliphatic heterocycles. The molecular weight excluding hydrogens is 187 g/mol. The molecule has 84 valence electrons. The molecule has 0 saturated heterocycles. The molecular formula is C9H19FN2O2. The fourth-order valence-electron chi connectivity index (χ4n) is 0.846. The quantitative estimate of drug-likeness (QED) is 0.553. The minimum absolute atomic E-state index is 0.0243. The molecule has 0 aromatic carbocycles. The smallest absolute Gasteiger partial charge is 0.216 e. The molecule has 5 heteroatoms. The van der Waals surface area contributed by atoms with Crippen molar-refractivity contribution in [3.8, 4) is 0 Å². The molecule has 2 N–H and O–H groups in total. The molecule has 0 bridgehead atoms. The maximum absolute atomic E-state index is 12.9. The van der Waals surface area contributed by atoms with Crippen molar-refractivity contribution in [3.63, 3.8) is 0 Å². The lowest BCUT2D eigenvalue weighted by Crippen LogP contribution is -2.31. The van der Waals surface area contributed by atoms with Crippen LogP contribution in [0.4, 0.5) is 4.39 Å². The summed E-state index contributed by atoms with van der Waals surface area (Å²) in [5.74, 6) is -0.222. The number of alkyl halides is 1. The van der Waals surface area contributed by atoms with Gasteiger partial charge >= 0.3 is 0 Å². The van der Waals surface area contributed by atoms with Gasteiger partial charge in [-0.05, 0) is 6.54 Å². The van der Waals surface area contributed by atoms with E-state index in [9.17, 15) is 9.18 Å². The summed E-state index contributed by atoms with van der Waals surface area (Å²) in [4.78, 5) is 10.4. The number of carbonyl (C=O) groups excluding carboxylic acids is 1. The third-order valence-electron chi connectivity index (χ3n) is 1.54. The van der Waals surface area contributed by atoms with Crippen LogP contribution in [0.2, 0.25) is 0 Å². The summed E-state index contributed by atoms with van der Waals surface area (Å²) in [7, 11) is 0. The van der Waals surface area contributed by atoms with Crippen LogP contribution in [-0.2, 0) is 9.53 Å². The molecule has 0 radical (unpaired) electrons. The van der Waals surface area contributed by atoms with Gasteiger partial charge < -0.3 is 15.4 Å². The SMILES string of the molecule is CCNCCOCC(F)CNC(C)=O. The number of halogens is 1. The molecule has 0 aliphatic carbocycles. The summed E-state index contributed by atoms with van der Waals surface area (Å²) >= 11 is 0. The van der Waals surface area contributed by atoms with E-state index < -0.39 is 6.17 Å². The minimum Gasteiger partial charge on any atom is -0.377 e. The van der Waals surface area contributed by atoms with E-state index in [1.54, 1.807) is 0 Å². The van der Waals surface area contributed by atoms with Crippen molar-refractivity contribution in [3.05, 3.63) is 0 Å². The van der Waals surface area contributed by atoms with Gasteiger partial charge in [0.25, 0.3) is 0 Å². The van der Waals surface area contributed by atoms with E-state index in [2.05, 4.69) is 10.6 Å². The van der Waals surface area contributed by atoms with E-state index in [1.807, 2.05) is 6.92 Å². The van der Waals surface area contributed by atoms with Crippen LogP contribution in [0.25, 0.3) is 0 Å². The molecule has 0 spiro atoms. The van der Waals surface area contributed by atoms with Gasteiger partial charge in [-0.25, -0.2) is 4.39 Å². The highest BCUT2D eigenvalue weighted by Crippen LogP contribution is 1.89. The van der Waals surface area contributed by atoms with Gasteiger partial charge in [-0.15, -0.1) is 0 Å². The van der Waals surface area contributed by atoms with Gasteiger partial charge in [-0.2, -0.15) is 0 Å². The normalized spacial score (nSPS) is 12.5. The van der Waals surface area contributed by atoms with Gasteiger partial charge in [0.2, 0.25) is 5.91 Å². The van der Waals surface area contributed by atoms with Gasteiger partial charge in [-0.1, -0.05) is 6.92 Å². The molecule has 0 heterocycles.